The lowest BCUT2D eigenvalue weighted by Gasteiger charge is -2.15. The molecule has 0 fully saturated rings. The molecule has 0 aliphatic heterocycles. The van der Waals surface area contributed by atoms with Gasteiger partial charge in [-0.05, 0) is 57.9 Å². The predicted molar refractivity (Wildman–Crippen MR) is 151 cm³/mol. The summed E-state index contributed by atoms with van der Waals surface area (Å²) in [6, 6.07) is 19.3. The van der Waals surface area contributed by atoms with Crippen molar-refractivity contribution in [1.29, 1.82) is 0 Å². The van der Waals surface area contributed by atoms with E-state index in [1.165, 1.54) is 0 Å². The molecular weight excluding hydrogens is 449 g/mol. The lowest BCUT2D eigenvalue weighted by molar-refractivity contribution is 0.470. The van der Waals surface area contributed by atoms with Gasteiger partial charge in [-0.2, -0.15) is 0 Å². The summed E-state index contributed by atoms with van der Waals surface area (Å²) in [5.41, 5.74) is 10.00. The highest BCUT2D eigenvalue weighted by molar-refractivity contribution is 6.84. The second-order valence-corrected chi connectivity index (χ2v) is 20.3. The number of phenols is 2. The molecule has 34 heavy (non-hydrogen) atoms. The number of hydrogen-bond acceptors (Lipinski definition) is 2. The van der Waals surface area contributed by atoms with Crippen molar-refractivity contribution in [1.82, 2.24) is 0 Å². The molecule has 4 aromatic rings. The average molecular weight is 479 g/mol. The summed E-state index contributed by atoms with van der Waals surface area (Å²) in [5.74, 6) is 6.90. The largest absolute Gasteiger partial charge is 0.507 e. The van der Waals surface area contributed by atoms with Crippen molar-refractivity contribution in [2.75, 3.05) is 0 Å². The number of phenolic OH excluding ortho intramolecular Hbond substituents is 2. The van der Waals surface area contributed by atoms with E-state index in [2.05, 4.69) is 74.3 Å². The topological polar surface area (TPSA) is 40.5 Å². The Hall–Kier alpha value is -3.45. The maximum absolute atomic E-state index is 10.9. The molecule has 0 spiro atoms. The Morgan fingerprint density at radius 2 is 0.912 bits per heavy atom. The maximum atomic E-state index is 10.9. The minimum absolute atomic E-state index is 0.138. The molecule has 0 aromatic heterocycles. The van der Waals surface area contributed by atoms with Crippen LogP contribution in [0.15, 0.2) is 60.7 Å². The van der Waals surface area contributed by atoms with E-state index in [0.717, 1.165) is 32.7 Å². The van der Waals surface area contributed by atoms with E-state index in [1.807, 2.05) is 36.4 Å². The van der Waals surface area contributed by atoms with Gasteiger partial charge in [-0.15, -0.1) is 11.1 Å². The SMILES string of the molecule is C[Si](C)(C)C#Cc1ccc2c(-c3c(O)ccc4cc(C#C[Si](C)(C)C)ccc34)c(O)ccc2c1. The number of rotatable bonds is 1. The summed E-state index contributed by atoms with van der Waals surface area (Å²) in [7, 11) is -2.96. The van der Waals surface area contributed by atoms with Gasteiger partial charge < -0.3 is 10.2 Å². The van der Waals surface area contributed by atoms with Crippen LogP contribution in [0.4, 0.5) is 0 Å². The minimum Gasteiger partial charge on any atom is -0.507 e. The zero-order chi connectivity index (χ0) is 24.7. The molecule has 0 aliphatic carbocycles. The van der Waals surface area contributed by atoms with Crippen molar-refractivity contribution in [3.05, 3.63) is 71.8 Å². The Balaban J connectivity index is 1.92. The third-order valence-corrected chi connectivity index (χ3v) is 7.16. The Labute approximate surface area is 204 Å². The van der Waals surface area contributed by atoms with E-state index in [0.29, 0.717) is 11.1 Å². The summed E-state index contributed by atoms with van der Waals surface area (Å²) in [5, 5.41) is 25.5. The molecule has 0 saturated carbocycles. The summed E-state index contributed by atoms with van der Waals surface area (Å²) in [6.45, 7) is 13.3. The van der Waals surface area contributed by atoms with Gasteiger partial charge in [-0.3, -0.25) is 0 Å². The van der Waals surface area contributed by atoms with Crippen LogP contribution in [-0.4, -0.2) is 26.4 Å². The molecule has 0 heterocycles. The van der Waals surface area contributed by atoms with Crippen LogP contribution in [0.5, 0.6) is 11.5 Å². The molecule has 0 saturated heterocycles. The van der Waals surface area contributed by atoms with E-state index in [4.69, 9.17) is 0 Å². The van der Waals surface area contributed by atoms with Crippen LogP contribution in [0.3, 0.4) is 0 Å². The number of benzene rings is 4. The van der Waals surface area contributed by atoms with Gasteiger partial charge in [0.25, 0.3) is 0 Å². The second kappa shape index (κ2) is 8.72. The van der Waals surface area contributed by atoms with Gasteiger partial charge in [0.15, 0.2) is 0 Å². The molecule has 4 heteroatoms. The van der Waals surface area contributed by atoms with Crippen molar-refractivity contribution >= 4 is 37.7 Å². The summed E-state index contributed by atoms with van der Waals surface area (Å²) in [4.78, 5) is 0. The first kappa shape index (κ1) is 23.7. The molecule has 4 aromatic carbocycles. The second-order valence-electron chi connectivity index (χ2n) is 10.8. The van der Waals surface area contributed by atoms with Crippen LogP contribution in [0.1, 0.15) is 11.1 Å². The summed E-state index contributed by atoms with van der Waals surface area (Å²) >= 11 is 0. The zero-order valence-corrected chi connectivity index (χ0v) is 22.7. The summed E-state index contributed by atoms with van der Waals surface area (Å²) in [6.07, 6.45) is 0. The Bertz CT molecular complexity index is 1430. The van der Waals surface area contributed by atoms with Crippen molar-refractivity contribution in [2.45, 2.75) is 39.3 Å². The minimum atomic E-state index is -1.48. The third-order valence-electron chi connectivity index (χ3n) is 5.41. The van der Waals surface area contributed by atoms with Crippen molar-refractivity contribution in [3.63, 3.8) is 0 Å². The van der Waals surface area contributed by atoms with Gasteiger partial charge in [-0.25, -0.2) is 0 Å². The van der Waals surface area contributed by atoms with Gasteiger partial charge >= 0.3 is 0 Å². The van der Waals surface area contributed by atoms with Crippen LogP contribution < -0.4 is 0 Å². The van der Waals surface area contributed by atoms with Gasteiger partial charge in [0, 0.05) is 22.3 Å². The molecule has 0 radical (unpaired) electrons. The fraction of sp³-hybridized carbons (Fsp3) is 0.200. The Kier molecular flexibility index (Phi) is 6.08. The molecular formula is C30H30O2Si2. The highest BCUT2D eigenvalue weighted by atomic mass is 28.3. The predicted octanol–water partition coefficient (Wildman–Crippen LogP) is 7.53. The fourth-order valence-electron chi connectivity index (χ4n) is 3.84. The van der Waals surface area contributed by atoms with Crippen LogP contribution >= 0.6 is 0 Å². The molecule has 0 bridgehead atoms. The lowest BCUT2D eigenvalue weighted by atomic mass is 9.91. The van der Waals surface area contributed by atoms with Gasteiger partial charge in [0.1, 0.15) is 27.6 Å². The van der Waals surface area contributed by atoms with Crippen molar-refractivity contribution in [3.8, 4) is 45.6 Å². The van der Waals surface area contributed by atoms with Crippen LogP contribution in [0, 0.1) is 22.9 Å². The van der Waals surface area contributed by atoms with E-state index in [-0.39, 0.29) is 11.5 Å². The molecule has 0 amide bonds. The lowest BCUT2D eigenvalue weighted by Crippen LogP contribution is -2.16. The quantitative estimate of drug-likeness (QED) is 0.219. The van der Waals surface area contributed by atoms with Crippen LogP contribution in [-0.2, 0) is 0 Å². The zero-order valence-electron chi connectivity index (χ0n) is 20.7. The monoisotopic (exact) mass is 478 g/mol. The van der Waals surface area contributed by atoms with Crippen molar-refractivity contribution < 1.29 is 10.2 Å². The molecule has 0 atom stereocenters. The number of aromatic hydroxyl groups is 2. The Morgan fingerprint density at radius 1 is 0.529 bits per heavy atom. The fourth-order valence-corrected chi connectivity index (χ4v) is 4.88. The highest BCUT2D eigenvalue weighted by Gasteiger charge is 2.17. The highest BCUT2D eigenvalue weighted by Crippen LogP contribution is 2.44. The first-order valence-electron chi connectivity index (χ1n) is 11.5. The van der Waals surface area contributed by atoms with Crippen LogP contribution in [0.2, 0.25) is 39.3 Å². The molecule has 170 valence electrons. The molecule has 0 unspecified atom stereocenters. The van der Waals surface area contributed by atoms with E-state index < -0.39 is 16.1 Å². The molecule has 4 rings (SSSR count). The Morgan fingerprint density at radius 3 is 1.26 bits per heavy atom. The van der Waals surface area contributed by atoms with Gasteiger partial charge in [0.05, 0.1) is 0 Å². The van der Waals surface area contributed by atoms with Gasteiger partial charge in [0.2, 0.25) is 0 Å². The molecule has 0 aliphatic rings. The number of fused-ring (bicyclic) bond motifs is 2. The first-order valence-corrected chi connectivity index (χ1v) is 18.5. The first-order chi connectivity index (χ1) is 15.9. The van der Waals surface area contributed by atoms with E-state index >= 15 is 0 Å². The van der Waals surface area contributed by atoms with Crippen molar-refractivity contribution in [2.24, 2.45) is 0 Å². The third kappa shape index (κ3) is 5.20. The smallest absolute Gasteiger partial charge is 0.129 e. The average Bonchev–Trinajstić information content (AvgIpc) is 2.76. The normalized spacial score (nSPS) is 11.6. The molecule has 2 nitrogen and oxygen atoms in total. The van der Waals surface area contributed by atoms with E-state index in [1.54, 1.807) is 12.1 Å². The maximum Gasteiger partial charge on any atom is 0.129 e. The summed E-state index contributed by atoms with van der Waals surface area (Å²) < 4.78 is 0. The number of hydrogen-bond donors (Lipinski definition) is 2. The van der Waals surface area contributed by atoms with Gasteiger partial charge in [-0.1, -0.05) is 75.4 Å². The standard InChI is InChI=1S/C30H30O2Si2/c1-33(2,3)17-15-21-7-11-25-23(19-21)9-13-27(31)29(25)30-26-12-8-22(16-18-34(4,5)6)20-24(26)10-14-28(30)32/h7-14,19-20,31-32H,1-6H3. The van der Waals surface area contributed by atoms with Crippen LogP contribution in [0.25, 0.3) is 32.7 Å². The molecule has 2 N–H and O–H groups in total. The van der Waals surface area contributed by atoms with E-state index in [9.17, 15) is 10.2 Å².